The van der Waals surface area contributed by atoms with Crippen LogP contribution in [0.5, 0.6) is 5.19 Å². The molecule has 2 aliphatic rings. The zero-order chi connectivity index (χ0) is 11.7. The summed E-state index contributed by atoms with van der Waals surface area (Å²) in [6.07, 6.45) is 6.96. The van der Waals surface area contributed by atoms with Gasteiger partial charge >= 0.3 is 0 Å². The average molecular weight is 255 g/mol. The highest BCUT2D eigenvalue weighted by atomic mass is 32.1. The predicted molar refractivity (Wildman–Crippen MR) is 65.1 cm³/mol. The summed E-state index contributed by atoms with van der Waals surface area (Å²) < 4.78 is 11.7. The van der Waals surface area contributed by atoms with E-state index >= 15 is 0 Å². The van der Waals surface area contributed by atoms with Crippen molar-refractivity contribution in [2.75, 3.05) is 12.3 Å². The molecule has 1 saturated heterocycles. The van der Waals surface area contributed by atoms with Crippen molar-refractivity contribution in [2.24, 2.45) is 0 Å². The van der Waals surface area contributed by atoms with Crippen LogP contribution < -0.4 is 10.5 Å². The van der Waals surface area contributed by atoms with Gasteiger partial charge in [0.2, 0.25) is 5.13 Å². The van der Waals surface area contributed by atoms with Crippen molar-refractivity contribution in [3.8, 4) is 5.19 Å². The molecule has 2 fully saturated rings. The lowest BCUT2D eigenvalue weighted by molar-refractivity contribution is -0.0464. The smallest absolute Gasteiger partial charge is 0.296 e. The molecule has 1 aliphatic carbocycles. The second-order valence-corrected chi connectivity index (χ2v) is 5.83. The van der Waals surface area contributed by atoms with E-state index in [9.17, 15) is 0 Å². The number of rotatable bonds is 2. The SMILES string of the molecule is Nc1nnc(OC2CCC3(CCCO3)CC2)s1. The topological polar surface area (TPSA) is 70.3 Å². The van der Waals surface area contributed by atoms with Crippen molar-refractivity contribution in [1.29, 1.82) is 0 Å². The normalized spacial score (nSPS) is 33.1. The van der Waals surface area contributed by atoms with E-state index in [-0.39, 0.29) is 11.7 Å². The number of nitrogens with two attached hydrogens (primary N) is 1. The molecule has 0 radical (unpaired) electrons. The van der Waals surface area contributed by atoms with Gasteiger partial charge in [0, 0.05) is 6.61 Å². The maximum absolute atomic E-state index is 5.88. The van der Waals surface area contributed by atoms with Crippen LogP contribution >= 0.6 is 11.3 Å². The van der Waals surface area contributed by atoms with Crippen molar-refractivity contribution in [3.63, 3.8) is 0 Å². The Morgan fingerprint density at radius 1 is 1.29 bits per heavy atom. The molecular formula is C11H17N3O2S. The van der Waals surface area contributed by atoms with Gasteiger partial charge in [0.05, 0.1) is 5.60 Å². The summed E-state index contributed by atoms with van der Waals surface area (Å²) in [4.78, 5) is 0. The Balaban J connectivity index is 1.54. The second-order valence-electron chi connectivity index (χ2n) is 4.86. The molecule has 2 N–H and O–H groups in total. The molecular weight excluding hydrogens is 238 g/mol. The minimum absolute atomic E-state index is 0.167. The van der Waals surface area contributed by atoms with Crippen LogP contribution in [-0.2, 0) is 4.74 Å². The van der Waals surface area contributed by atoms with Gasteiger partial charge in [0.1, 0.15) is 6.10 Å². The molecule has 94 valence electrons. The van der Waals surface area contributed by atoms with E-state index in [4.69, 9.17) is 15.2 Å². The molecule has 2 heterocycles. The number of aromatic nitrogens is 2. The standard InChI is InChI=1S/C11H17N3O2S/c12-9-13-14-10(17-9)16-8-2-5-11(6-3-8)4-1-7-15-11/h8H,1-7H2,(H2,12,13). The highest BCUT2D eigenvalue weighted by molar-refractivity contribution is 7.16. The quantitative estimate of drug-likeness (QED) is 0.875. The van der Waals surface area contributed by atoms with Crippen molar-refractivity contribution < 1.29 is 9.47 Å². The zero-order valence-corrected chi connectivity index (χ0v) is 10.5. The molecule has 5 nitrogen and oxygen atoms in total. The highest BCUT2D eigenvalue weighted by Gasteiger charge is 2.39. The molecule has 1 saturated carbocycles. The Morgan fingerprint density at radius 2 is 2.12 bits per heavy atom. The first-order valence-electron chi connectivity index (χ1n) is 6.15. The number of ether oxygens (including phenoxy) is 2. The molecule has 0 bridgehead atoms. The van der Waals surface area contributed by atoms with Crippen LogP contribution in [0.2, 0.25) is 0 Å². The van der Waals surface area contributed by atoms with Gasteiger partial charge in [-0.3, -0.25) is 0 Å². The van der Waals surface area contributed by atoms with Crippen LogP contribution in [0.25, 0.3) is 0 Å². The van der Waals surface area contributed by atoms with Crippen molar-refractivity contribution in [2.45, 2.75) is 50.2 Å². The minimum atomic E-state index is 0.167. The summed E-state index contributed by atoms with van der Waals surface area (Å²) in [5, 5.41) is 8.70. The molecule has 1 spiro atoms. The lowest BCUT2D eigenvalue weighted by Crippen LogP contribution is -2.37. The summed E-state index contributed by atoms with van der Waals surface area (Å²) in [5.41, 5.74) is 5.69. The lowest BCUT2D eigenvalue weighted by atomic mass is 9.81. The number of hydrogen-bond acceptors (Lipinski definition) is 6. The van der Waals surface area contributed by atoms with Gasteiger partial charge in [-0.25, -0.2) is 0 Å². The average Bonchev–Trinajstić information content (AvgIpc) is 2.93. The highest BCUT2D eigenvalue weighted by Crippen LogP contribution is 2.40. The van der Waals surface area contributed by atoms with E-state index in [0.29, 0.717) is 10.3 Å². The Hall–Kier alpha value is -0.880. The fraction of sp³-hybridized carbons (Fsp3) is 0.818. The Kier molecular flexibility index (Phi) is 2.92. The van der Waals surface area contributed by atoms with Gasteiger partial charge in [-0.2, -0.15) is 0 Å². The van der Waals surface area contributed by atoms with Gasteiger partial charge in [0.25, 0.3) is 5.19 Å². The summed E-state index contributed by atoms with van der Waals surface area (Å²) in [7, 11) is 0. The van der Waals surface area contributed by atoms with Gasteiger partial charge in [0.15, 0.2) is 0 Å². The number of hydrogen-bond donors (Lipinski definition) is 1. The van der Waals surface area contributed by atoms with Crippen LogP contribution in [0.4, 0.5) is 5.13 Å². The fourth-order valence-corrected chi connectivity index (χ4v) is 3.32. The third-order valence-electron chi connectivity index (χ3n) is 3.72. The van der Waals surface area contributed by atoms with E-state index in [2.05, 4.69) is 10.2 Å². The van der Waals surface area contributed by atoms with Crippen LogP contribution in [0.3, 0.4) is 0 Å². The molecule has 1 aromatic rings. The first kappa shape index (κ1) is 11.2. The number of nitrogen functional groups attached to an aromatic ring is 1. The van der Waals surface area contributed by atoms with Gasteiger partial charge < -0.3 is 15.2 Å². The van der Waals surface area contributed by atoms with E-state index < -0.39 is 0 Å². The molecule has 1 aromatic heterocycles. The molecule has 0 amide bonds. The van der Waals surface area contributed by atoms with E-state index in [0.717, 1.165) is 32.3 Å². The monoisotopic (exact) mass is 255 g/mol. The first-order valence-corrected chi connectivity index (χ1v) is 6.97. The predicted octanol–water partition coefficient (Wildman–Crippen LogP) is 1.99. The van der Waals surface area contributed by atoms with Gasteiger partial charge in [-0.05, 0) is 49.9 Å². The van der Waals surface area contributed by atoms with Gasteiger partial charge in [-0.15, -0.1) is 5.10 Å². The largest absolute Gasteiger partial charge is 0.466 e. The number of nitrogens with zero attached hydrogens (tertiary/aromatic N) is 2. The van der Waals surface area contributed by atoms with Crippen LogP contribution in [0.15, 0.2) is 0 Å². The maximum Gasteiger partial charge on any atom is 0.296 e. The minimum Gasteiger partial charge on any atom is -0.466 e. The summed E-state index contributed by atoms with van der Waals surface area (Å²) in [6, 6.07) is 0. The third kappa shape index (κ3) is 2.37. The van der Waals surface area contributed by atoms with Crippen LogP contribution in [0, 0.1) is 0 Å². The van der Waals surface area contributed by atoms with Crippen molar-refractivity contribution in [1.82, 2.24) is 10.2 Å². The Labute approximate surface area is 104 Å². The van der Waals surface area contributed by atoms with Crippen LogP contribution in [-0.4, -0.2) is 28.5 Å². The van der Waals surface area contributed by atoms with Crippen LogP contribution in [0.1, 0.15) is 38.5 Å². The first-order chi connectivity index (χ1) is 8.26. The molecule has 3 rings (SSSR count). The van der Waals surface area contributed by atoms with Crippen molar-refractivity contribution >= 4 is 16.5 Å². The molecule has 6 heteroatoms. The summed E-state index contributed by atoms with van der Waals surface area (Å²) in [6.45, 7) is 0.929. The molecule has 1 aliphatic heterocycles. The lowest BCUT2D eigenvalue weighted by Gasteiger charge is -2.35. The second kappa shape index (κ2) is 4.42. The van der Waals surface area contributed by atoms with E-state index in [1.165, 1.54) is 24.2 Å². The number of anilines is 1. The van der Waals surface area contributed by atoms with E-state index in [1.807, 2.05) is 0 Å². The summed E-state index contributed by atoms with van der Waals surface area (Å²) in [5.74, 6) is 0. The zero-order valence-electron chi connectivity index (χ0n) is 9.72. The Bertz CT molecular complexity index is 380. The van der Waals surface area contributed by atoms with Gasteiger partial charge in [-0.1, -0.05) is 5.10 Å². The Morgan fingerprint density at radius 3 is 2.71 bits per heavy atom. The maximum atomic E-state index is 5.88. The summed E-state index contributed by atoms with van der Waals surface area (Å²) >= 11 is 1.31. The molecule has 0 unspecified atom stereocenters. The van der Waals surface area contributed by atoms with Crippen molar-refractivity contribution in [3.05, 3.63) is 0 Å². The fourth-order valence-electron chi connectivity index (χ4n) is 2.80. The molecule has 17 heavy (non-hydrogen) atoms. The molecule has 0 atom stereocenters. The third-order valence-corrected chi connectivity index (χ3v) is 4.36. The molecule has 0 aromatic carbocycles. The van der Waals surface area contributed by atoms with E-state index in [1.54, 1.807) is 0 Å².